The summed E-state index contributed by atoms with van der Waals surface area (Å²) in [6.45, 7) is 7.55. The molecule has 0 unspecified atom stereocenters. The van der Waals surface area contributed by atoms with Crippen molar-refractivity contribution in [3.63, 3.8) is 0 Å². The zero-order valence-electron chi connectivity index (χ0n) is 11.8. The molecule has 102 valence electrons. The van der Waals surface area contributed by atoms with E-state index in [4.69, 9.17) is 19.8 Å². The molecule has 1 aromatic carbocycles. The van der Waals surface area contributed by atoms with Crippen LogP contribution in [0.2, 0.25) is 0 Å². The number of nitriles is 2. The number of halogens is 1. The summed E-state index contributed by atoms with van der Waals surface area (Å²) in [5, 5.41) is 17.8. The van der Waals surface area contributed by atoms with E-state index in [1.54, 1.807) is 6.07 Å². The molecule has 2 rings (SSSR count). The first-order valence-electron chi connectivity index (χ1n) is 6.21. The Morgan fingerprint density at radius 2 is 1.60 bits per heavy atom. The van der Waals surface area contributed by atoms with E-state index >= 15 is 0 Å². The Kier molecular flexibility index (Phi) is 3.33. The number of nitrogens with zero attached hydrogens (tertiary/aromatic N) is 2. The topological polar surface area (TPSA) is 66.0 Å². The number of hydrogen-bond donors (Lipinski definition) is 0. The molecule has 0 bridgehead atoms. The molecule has 1 saturated heterocycles. The fourth-order valence-corrected chi connectivity index (χ4v) is 1.94. The zero-order chi connectivity index (χ0) is 15.1. The fourth-order valence-electron chi connectivity index (χ4n) is 1.94. The van der Waals surface area contributed by atoms with Crippen LogP contribution in [0, 0.1) is 28.5 Å². The van der Waals surface area contributed by atoms with Crippen LogP contribution in [0.15, 0.2) is 12.1 Å². The predicted molar refractivity (Wildman–Crippen MR) is 71.5 cm³/mol. The lowest BCUT2D eigenvalue weighted by Gasteiger charge is -2.32. The summed E-state index contributed by atoms with van der Waals surface area (Å²) >= 11 is 0. The van der Waals surface area contributed by atoms with Gasteiger partial charge in [-0.1, -0.05) is 0 Å². The third-order valence-electron chi connectivity index (χ3n) is 3.87. The van der Waals surface area contributed by atoms with E-state index in [-0.39, 0.29) is 11.1 Å². The van der Waals surface area contributed by atoms with Gasteiger partial charge >= 0.3 is 7.12 Å². The molecular weight excluding hydrogens is 258 g/mol. The minimum Gasteiger partial charge on any atom is -0.399 e. The van der Waals surface area contributed by atoms with Gasteiger partial charge in [0.25, 0.3) is 0 Å². The van der Waals surface area contributed by atoms with Crippen molar-refractivity contribution in [2.24, 2.45) is 0 Å². The van der Waals surface area contributed by atoms with Crippen molar-refractivity contribution in [3.05, 3.63) is 29.1 Å². The highest BCUT2D eigenvalue weighted by Gasteiger charge is 2.51. The molecule has 6 heteroatoms. The predicted octanol–water partition coefficient (Wildman–Crippen LogP) is 1.87. The first-order chi connectivity index (χ1) is 9.21. The smallest absolute Gasteiger partial charge is 0.399 e. The zero-order valence-corrected chi connectivity index (χ0v) is 11.8. The highest BCUT2D eigenvalue weighted by atomic mass is 19.1. The summed E-state index contributed by atoms with van der Waals surface area (Å²) in [7, 11) is -0.755. The van der Waals surface area contributed by atoms with E-state index in [0.29, 0.717) is 5.46 Å². The van der Waals surface area contributed by atoms with Crippen molar-refractivity contribution in [2.45, 2.75) is 38.9 Å². The molecule has 0 aliphatic carbocycles. The molecule has 1 aliphatic rings. The number of hydrogen-bond acceptors (Lipinski definition) is 4. The number of rotatable bonds is 1. The van der Waals surface area contributed by atoms with E-state index in [0.717, 1.165) is 0 Å². The highest BCUT2D eigenvalue weighted by Crippen LogP contribution is 2.36. The lowest BCUT2D eigenvalue weighted by atomic mass is 9.77. The van der Waals surface area contributed by atoms with E-state index in [9.17, 15) is 4.39 Å². The quantitative estimate of drug-likeness (QED) is 0.732. The van der Waals surface area contributed by atoms with Gasteiger partial charge in [0.15, 0.2) is 0 Å². The third kappa shape index (κ3) is 2.18. The van der Waals surface area contributed by atoms with Crippen molar-refractivity contribution >= 4 is 12.6 Å². The summed E-state index contributed by atoms with van der Waals surface area (Å²) in [6.07, 6.45) is 0. The van der Waals surface area contributed by atoms with Crippen molar-refractivity contribution in [3.8, 4) is 12.1 Å². The van der Waals surface area contributed by atoms with Crippen LogP contribution in [0.5, 0.6) is 0 Å². The SMILES string of the molecule is CC1(C)OB(c2cc(F)c(C#N)c(C#N)c2)OC1(C)C. The second-order valence-corrected chi connectivity index (χ2v) is 5.74. The molecule has 1 aliphatic heterocycles. The van der Waals surface area contributed by atoms with Gasteiger partial charge in [-0.25, -0.2) is 4.39 Å². The van der Waals surface area contributed by atoms with Gasteiger partial charge in [-0.3, -0.25) is 0 Å². The second kappa shape index (κ2) is 4.59. The molecule has 1 heterocycles. The van der Waals surface area contributed by atoms with E-state index in [1.807, 2.05) is 33.8 Å². The van der Waals surface area contributed by atoms with E-state index in [1.165, 1.54) is 12.1 Å². The maximum absolute atomic E-state index is 13.9. The van der Waals surface area contributed by atoms with Gasteiger partial charge in [0, 0.05) is 0 Å². The maximum Gasteiger partial charge on any atom is 0.494 e. The Hall–Kier alpha value is -1.89. The van der Waals surface area contributed by atoms with E-state index in [2.05, 4.69) is 0 Å². The van der Waals surface area contributed by atoms with Crippen molar-refractivity contribution in [2.75, 3.05) is 0 Å². The van der Waals surface area contributed by atoms with Crippen LogP contribution in [0.1, 0.15) is 38.8 Å². The molecule has 0 atom stereocenters. The molecule has 0 saturated carbocycles. The average molecular weight is 272 g/mol. The molecule has 0 amide bonds. The minimum absolute atomic E-state index is 0.0165. The first kappa shape index (κ1) is 14.5. The largest absolute Gasteiger partial charge is 0.494 e. The van der Waals surface area contributed by atoms with Crippen molar-refractivity contribution in [1.29, 1.82) is 10.5 Å². The lowest BCUT2D eigenvalue weighted by molar-refractivity contribution is 0.00578. The van der Waals surface area contributed by atoms with Crippen LogP contribution >= 0.6 is 0 Å². The summed E-state index contributed by atoms with van der Waals surface area (Å²) in [5.41, 5.74) is -0.967. The monoisotopic (exact) mass is 272 g/mol. The Balaban J connectivity index is 2.45. The van der Waals surface area contributed by atoms with Crippen LogP contribution in [-0.4, -0.2) is 18.3 Å². The van der Waals surface area contributed by atoms with Gasteiger partial charge in [-0.05, 0) is 45.3 Å². The van der Waals surface area contributed by atoms with Crippen LogP contribution < -0.4 is 5.46 Å². The highest BCUT2D eigenvalue weighted by molar-refractivity contribution is 6.62. The first-order valence-corrected chi connectivity index (χ1v) is 6.21. The molecule has 0 aromatic heterocycles. The Morgan fingerprint density at radius 3 is 2.05 bits per heavy atom. The Labute approximate surface area is 117 Å². The van der Waals surface area contributed by atoms with Crippen LogP contribution in [0.25, 0.3) is 0 Å². The fraction of sp³-hybridized carbons (Fsp3) is 0.429. The third-order valence-corrected chi connectivity index (χ3v) is 3.87. The summed E-state index contributed by atoms with van der Waals surface area (Å²) in [5.74, 6) is -0.740. The van der Waals surface area contributed by atoms with E-state index < -0.39 is 24.1 Å². The van der Waals surface area contributed by atoms with Crippen molar-refractivity contribution in [1.82, 2.24) is 0 Å². The van der Waals surface area contributed by atoms with Crippen LogP contribution in [0.4, 0.5) is 4.39 Å². The van der Waals surface area contributed by atoms with Gasteiger partial charge in [0.2, 0.25) is 0 Å². The van der Waals surface area contributed by atoms with Gasteiger partial charge in [-0.15, -0.1) is 0 Å². The number of benzene rings is 1. The van der Waals surface area contributed by atoms with Gasteiger partial charge < -0.3 is 9.31 Å². The average Bonchev–Trinajstić information content (AvgIpc) is 2.57. The second-order valence-electron chi connectivity index (χ2n) is 5.74. The molecule has 1 fully saturated rings. The maximum atomic E-state index is 13.9. The lowest BCUT2D eigenvalue weighted by Crippen LogP contribution is -2.41. The molecule has 0 radical (unpaired) electrons. The van der Waals surface area contributed by atoms with Crippen LogP contribution in [-0.2, 0) is 9.31 Å². The molecular formula is C14H14BFN2O2. The Morgan fingerprint density at radius 1 is 1.05 bits per heavy atom. The standard InChI is InChI=1S/C14H14BFN2O2/c1-13(2)14(3,4)20-15(19-13)10-5-9(7-17)11(8-18)12(16)6-10/h5-6H,1-4H3. The normalized spacial score (nSPS) is 19.4. The minimum atomic E-state index is -0.755. The molecule has 4 nitrogen and oxygen atoms in total. The van der Waals surface area contributed by atoms with Gasteiger partial charge in [0.1, 0.15) is 23.5 Å². The molecule has 0 N–H and O–H groups in total. The summed E-state index contributed by atoms with van der Waals surface area (Å²) < 4.78 is 25.4. The molecule has 0 spiro atoms. The molecule has 1 aromatic rings. The Bertz CT molecular complexity index is 628. The van der Waals surface area contributed by atoms with Gasteiger partial charge in [-0.2, -0.15) is 10.5 Å². The van der Waals surface area contributed by atoms with Gasteiger partial charge in [0.05, 0.1) is 16.8 Å². The molecule has 20 heavy (non-hydrogen) atoms. The summed E-state index contributed by atoms with van der Waals surface area (Å²) in [6, 6.07) is 6.12. The van der Waals surface area contributed by atoms with Crippen molar-refractivity contribution < 1.29 is 13.7 Å². The van der Waals surface area contributed by atoms with Crippen LogP contribution in [0.3, 0.4) is 0 Å². The summed E-state index contributed by atoms with van der Waals surface area (Å²) in [4.78, 5) is 0.